The van der Waals surface area contributed by atoms with Gasteiger partial charge in [-0.1, -0.05) is 0 Å². The number of H-pyrrole nitrogens is 1. The van der Waals surface area contributed by atoms with Gasteiger partial charge in [-0.15, -0.1) is 0 Å². The third-order valence-electron chi connectivity index (χ3n) is 7.81. The topological polar surface area (TPSA) is 121 Å². The maximum absolute atomic E-state index is 13.5. The fourth-order valence-corrected chi connectivity index (χ4v) is 5.49. The molecule has 1 amide bonds. The number of hydrogen-bond acceptors (Lipinski definition) is 8. The molecule has 0 spiro atoms. The Bertz CT molecular complexity index is 1580. The predicted molar refractivity (Wildman–Crippen MR) is 148 cm³/mol. The summed E-state index contributed by atoms with van der Waals surface area (Å²) in [6, 6.07) is 3.85. The second kappa shape index (κ2) is 10.7. The van der Waals surface area contributed by atoms with Crippen molar-refractivity contribution in [1.82, 2.24) is 49.8 Å². The summed E-state index contributed by atoms with van der Waals surface area (Å²) in [6.07, 6.45) is 3.95. The lowest BCUT2D eigenvalue weighted by atomic mass is 9.97. The van der Waals surface area contributed by atoms with Gasteiger partial charge in [0.15, 0.2) is 0 Å². The molecular formula is C28H33F3N10O. The number of amides is 1. The molecule has 2 aliphatic rings. The minimum absolute atomic E-state index is 0.0981. The van der Waals surface area contributed by atoms with E-state index in [1.165, 1.54) is 12.4 Å². The monoisotopic (exact) mass is 582 g/mol. The Kier molecular flexibility index (Phi) is 7.21. The van der Waals surface area contributed by atoms with Gasteiger partial charge in [-0.2, -0.15) is 18.3 Å². The van der Waals surface area contributed by atoms with Crippen LogP contribution in [0, 0.1) is 0 Å². The number of rotatable bonds is 6. The molecule has 0 atom stereocenters. The van der Waals surface area contributed by atoms with Crippen molar-refractivity contribution in [2.75, 3.05) is 26.2 Å². The fourth-order valence-electron chi connectivity index (χ4n) is 5.49. The fraction of sp³-hybridized carbons (Fsp3) is 0.500. The van der Waals surface area contributed by atoms with Crippen molar-refractivity contribution in [2.45, 2.75) is 64.0 Å². The van der Waals surface area contributed by atoms with Gasteiger partial charge < -0.3 is 15.2 Å². The quantitative estimate of drug-likeness (QED) is 0.353. The lowest BCUT2D eigenvalue weighted by molar-refractivity contribution is -0.145. The van der Waals surface area contributed by atoms with Crippen molar-refractivity contribution in [3.05, 3.63) is 54.3 Å². The van der Waals surface area contributed by atoms with Crippen LogP contribution in [0.25, 0.3) is 22.3 Å². The molecule has 6 rings (SSSR count). The summed E-state index contributed by atoms with van der Waals surface area (Å²) in [5, 5.41) is 8.65. The summed E-state index contributed by atoms with van der Waals surface area (Å²) in [7, 11) is 0. The summed E-state index contributed by atoms with van der Waals surface area (Å²) in [4.78, 5) is 36.3. The van der Waals surface area contributed by atoms with E-state index in [0.717, 1.165) is 48.2 Å². The van der Waals surface area contributed by atoms with E-state index in [9.17, 15) is 18.0 Å². The Balaban J connectivity index is 1.05. The van der Waals surface area contributed by atoms with E-state index in [1.807, 2.05) is 50.1 Å². The highest BCUT2D eigenvalue weighted by atomic mass is 19.4. The molecular weight excluding hydrogens is 549 g/mol. The highest BCUT2D eigenvalue weighted by Gasteiger charge is 2.38. The maximum atomic E-state index is 13.5. The number of piperidine rings is 1. The van der Waals surface area contributed by atoms with Crippen LogP contribution in [0.1, 0.15) is 61.7 Å². The van der Waals surface area contributed by atoms with Crippen molar-refractivity contribution >= 4 is 16.9 Å². The molecule has 0 bridgehead atoms. The number of alkyl halides is 3. The third-order valence-corrected chi connectivity index (χ3v) is 7.81. The summed E-state index contributed by atoms with van der Waals surface area (Å²) in [5.41, 5.74) is 2.15. The van der Waals surface area contributed by atoms with E-state index in [-0.39, 0.29) is 29.5 Å². The number of carbonyl (C=O) groups excluding carboxylic acids is 1. The summed E-state index contributed by atoms with van der Waals surface area (Å²) < 4.78 is 42.5. The molecule has 2 aliphatic heterocycles. The average molecular weight is 583 g/mol. The van der Waals surface area contributed by atoms with Gasteiger partial charge in [-0.05, 0) is 45.7 Å². The molecule has 6 heterocycles. The number of hydrogen-bond donors (Lipinski definition) is 2. The zero-order valence-corrected chi connectivity index (χ0v) is 23.7. The SMILES string of the molecule is CC(C)(C)NCc1cc(C(=O)N2CCC(N3CC(n4cc(-c5ncnc6[nH]ccc56)cn4)C3)CC2)nc(C(F)(F)F)n1. The van der Waals surface area contributed by atoms with Crippen LogP contribution in [0.5, 0.6) is 0 Å². The van der Waals surface area contributed by atoms with E-state index in [1.54, 1.807) is 4.90 Å². The normalized spacial score (nSPS) is 17.6. The Morgan fingerprint density at radius 2 is 1.86 bits per heavy atom. The van der Waals surface area contributed by atoms with E-state index < -0.39 is 17.9 Å². The van der Waals surface area contributed by atoms with E-state index in [0.29, 0.717) is 19.1 Å². The summed E-state index contributed by atoms with van der Waals surface area (Å²) in [6.45, 7) is 8.41. The molecule has 0 aromatic carbocycles. The van der Waals surface area contributed by atoms with Crippen molar-refractivity contribution < 1.29 is 18.0 Å². The van der Waals surface area contributed by atoms with Crippen LogP contribution in [0.15, 0.2) is 37.1 Å². The molecule has 4 aromatic rings. The van der Waals surface area contributed by atoms with Crippen molar-refractivity contribution in [3.63, 3.8) is 0 Å². The molecule has 0 aliphatic carbocycles. The van der Waals surface area contributed by atoms with Crippen molar-refractivity contribution in [3.8, 4) is 11.3 Å². The van der Waals surface area contributed by atoms with Crippen LogP contribution in [0.2, 0.25) is 0 Å². The number of halogens is 3. The van der Waals surface area contributed by atoms with Gasteiger partial charge in [-0.25, -0.2) is 19.9 Å². The largest absolute Gasteiger partial charge is 0.451 e. The first kappa shape index (κ1) is 28.2. The van der Waals surface area contributed by atoms with E-state index in [2.05, 4.69) is 40.2 Å². The van der Waals surface area contributed by atoms with Gasteiger partial charge in [-0.3, -0.25) is 14.4 Å². The molecule has 2 N–H and O–H groups in total. The van der Waals surface area contributed by atoms with Crippen molar-refractivity contribution in [2.24, 2.45) is 0 Å². The molecule has 0 unspecified atom stereocenters. The predicted octanol–water partition coefficient (Wildman–Crippen LogP) is 3.68. The number of nitrogens with one attached hydrogen (secondary N) is 2. The number of carbonyl (C=O) groups is 1. The van der Waals surface area contributed by atoms with Crippen LogP contribution in [-0.2, 0) is 12.7 Å². The molecule has 11 nitrogen and oxygen atoms in total. The standard InChI is InChI=1S/C28H33F3N10O/c1-27(2,3)35-12-18-10-22(38-26(37-18)28(29,30)31)25(42)39-8-5-19(6-9-39)40-14-20(15-40)41-13-17(11-36-41)23-21-4-7-32-24(21)34-16-33-23/h4,7,10-11,13,16,19-20,35H,5-6,8-9,12,14-15H2,1-3H3,(H,32,33,34). The molecule has 0 radical (unpaired) electrons. The second-order valence-corrected chi connectivity index (χ2v) is 12.0. The maximum Gasteiger partial charge on any atom is 0.451 e. The summed E-state index contributed by atoms with van der Waals surface area (Å²) >= 11 is 0. The smallest absolute Gasteiger partial charge is 0.346 e. The molecule has 4 aromatic heterocycles. The first-order chi connectivity index (χ1) is 19.9. The van der Waals surface area contributed by atoms with E-state index >= 15 is 0 Å². The molecule has 222 valence electrons. The van der Waals surface area contributed by atoms with Crippen LogP contribution in [-0.4, -0.2) is 88.2 Å². The first-order valence-electron chi connectivity index (χ1n) is 14.0. The third kappa shape index (κ3) is 5.86. The average Bonchev–Trinajstić information content (AvgIpc) is 3.60. The minimum Gasteiger partial charge on any atom is -0.346 e. The lowest BCUT2D eigenvalue weighted by Gasteiger charge is -2.47. The number of nitrogens with zero attached hydrogens (tertiary/aromatic N) is 8. The van der Waals surface area contributed by atoms with Crippen LogP contribution in [0.4, 0.5) is 13.2 Å². The number of fused-ring (bicyclic) bond motifs is 1. The van der Waals surface area contributed by atoms with Gasteiger partial charge in [0.2, 0.25) is 5.82 Å². The van der Waals surface area contributed by atoms with Gasteiger partial charge in [0.1, 0.15) is 17.7 Å². The Morgan fingerprint density at radius 1 is 1.10 bits per heavy atom. The zero-order chi connectivity index (χ0) is 29.6. The van der Waals surface area contributed by atoms with E-state index in [4.69, 9.17) is 0 Å². The Labute approximate surface area is 240 Å². The first-order valence-corrected chi connectivity index (χ1v) is 14.0. The highest BCUT2D eigenvalue weighted by molar-refractivity contribution is 5.92. The molecule has 14 heteroatoms. The van der Waals surface area contributed by atoms with Gasteiger partial charge in [0.05, 0.1) is 23.6 Å². The Hall–Kier alpha value is -3.91. The molecule has 2 saturated heterocycles. The van der Waals surface area contributed by atoms with Crippen LogP contribution >= 0.6 is 0 Å². The van der Waals surface area contributed by atoms with Gasteiger partial charge in [0.25, 0.3) is 5.91 Å². The molecule has 2 fully saturated rings. The number of likely N-dealkylation sites (tertiary alicyclic amines) is 2. The zero-order valence-electron chi connectivity index (χ0n) is 23.7. The number of aromatic amines is 1. The van der Waals surface area contributed by atoms with Gasteiger partial charge >= 0.3 is 6.18 Å². The minimum atomic E-state index is -4.74. The Morgan fingerprint density at radius 3 is 2.57 bits per heavy atom. The molecule has 42 heavy (non-hydrogen) atoms. The van der Waals surface area contributed by atoms with Crippen molar-refractivity contribution in [1.29, 1.82) is 0 Å². The highest BCUT2D eigenvalue weighted by Crippen LogP contribution is 2.31. The molecule has 0 saturated carbocycles. The lowest BCUT2D eigenvalue weighted by Crippen LogP contribution is -2.56. The summed E-state index contributed by atoms with van der Waals surface area (Å²) in [5.74, 6) is -1.79. The van der Waals surface area contributed by atoms with Gasteiger partial charge in [0, 0.05) is 67.6 Å². The second-order valence-electron chi connectivity index (χ2n) is 12.0. The van der Waals surface area contributed by atoms with Crippen LogP contribution in [0.3, 0.4) is 0 Å². The van der Waals surface area contributed by atoms with Crippen LogP contribution < -0.4 is 5.32 Å². The number of aromatic nitrogens is 7.